The monoisotopic (exact) mass is 214 g/mol. The lowest BCUT2D eigenvalue weighted by Gasteiger charge is -2.19. The second kappa shape index (κ2) is 2.71. The van der Waals surface area contributed by atoms with Gasteiger partial charge in [0.15, 0.2) is 5.75 Å². The second-order valence-electron chi connectivity index (χ2n) is 4.77. The molecule has 0 aromatic rings. The summed E-state index contributed by atoms with van der Waals surface area (Å²) in [4.78, 5) is 0. The first-order valence-electron chi connectivity index (χ1n) is 4.74. The summed E-state index contributed by atoms with van der Waals surface area (Å²) < 4.78 is 24.5. The Morgan fingerprint density at radius 3 is 2.36 bits per heavy atom. The van der Waals surface area contributed by atoms with E-state index in [1.807, 2.05) is 0 Å². The summed E-state index contributed by atoms with van der Waals surface area (Å²) in [5.41, 5.74) is 0.318. The smallest absolute Gasteiger partial charge is 0.211 e. The molecular formula is C9H14N2O2S. The summed E-state index contributed by atoms with van der Waals surface area (Å²) in [5.74, 6) is 0.638. The van der Waals surface area contributed by atoms with Gasteiger partial charge in [0.05, 0.1) is 6.07 Å². The molecule has 0 N–H and O–H groups in total. The number of hydrogen-bond acceptors (Lipinski definition) is 3. The van der Waals surface area contributed by atoms with E-state index in [2.05, 4.69) is 13.8 Å². The molecule has 0 amide bonds. The summed E-state index contributed by atoms with van der Waals surface area (Å²) in [7, 11) is -3.29. The van der Waals surface area contributed by atoms with Gasteiger partial charge in [-0.2, -0.15) is 5.26 Å². The van der Waals surface area contributed by atoms with Crippen LogP contribution in [0.5, 0.6) is 0 Å². The molecule has 2 unspecified atom stereocenters. The molecule has 2 aliphatic rings. The zero-order chi connectivity index (χ0) is 10.6. The van der Waals surface area contributed by atoms with Gasteiger partial charge in [-0.1, -0.05) is 13.8 Å². The molecule has 0 spiro atoms. The van der Waals surface area contributed by atoms with E-state index in [0.717, 1.165) is 0 Å². The highest BCUT2D eigenvalue weighted by Gasteiger charge is 2.63. The maximum absolute atomic E-state index is 11.5. The summed E-state index contributed by atoms with van der Waals surface area (Å²) >= 11 is 0. The topological polar surface area (TPSA) is 61.2 Å². The quantitative estimate of drug-likeness (QED) is 0.669. The number of nitriles is 1. The highest BCUT2D eigenvalue weighted by Crippen LogP contribution is 2.62. The third kappa shape index (κ3) is 1.25. The minimum atomic E-state index is -3.29. The minimum Gasteiger partial charge on any atom is -0.211 e. The van der Waals surface area contributed by atoms with Crippen molar-refractivity contribution in [3.05, 3.63) is 0 Å². The lowest BCUT2D eigenvalue weighted by atomic mass is 10.1. The summed E-state index contributed by atoms with van der Waals surface area (Å²) in [6.45, 7) is 5.58. The number of hydrogen-bond donors (Lipinski definition) is 0. The Morgan fingerprint density at radius 2 is 1.93 bits per heavy atom. The molecule has 14 heavy (non-hydrogen) atoms. The molecule has 0 radical (unpaired) electrons. The van der Waals surface area contributed by atoms with E-state index in [1.165, 1.54) is 4.31 Å². The van der Waals surface area contributed by atoms with Crippen molar-refractivity contribution in [1.82, 2.24) is 4.31 Å². The zero-order valence-electron chi connectivity index (χ0n) is 8.40. The van der Waals surface area contributed by atoms with Crippen LogP contribution < -0.4 is 0 Å². The van der Waals surface area contributed by atoms with E-state index < -0.39 is 10.0 Å². The van der Waals surface area contributed by atoms with Crippen LogP contribution in [0.4, 0.5) is 0 Å². The molecule has 1 aliphatic heterocycles. The predicted octanol–water partition coefficient (Wildman–Crippen LogP) is 0.428. The van der Waals surface area contributed by atoms with Crippen molar-refractivity contribution in [2.45, 2.75) is 13.8 Å². The van der Waals surface area contributed by atoms with Crippen LogP contribution in [-0.2, 0) is 10.0 Å². The number of piperidine rings is 1. The molecule has 1 saturated carbocycles. The van der Waals surface area contributed by atoms with Gasteiger partial charge < -0.3 is 0 Å². The first kappa shape index (κ1) is 9.94. The highest BCUT2D eigenvalue weighted by atomic mass is 32.2. The van der Waals surface area contributed by atoms with Gasteiger partial charge in [-0.3, -0.25) is 0 Å². The highest BCUT2D eigenvalue weighted by molar-refractivity contribution is 7.89. The van der Waals surface area contributed by atoms with Crippen LogP contribution in [0.1, 0.15) is 13.8 Å². The van der Waals surface area contributed by atoms with Crippen LogP contribution in [0.3, 0.4) is 0 Å². The van der Waals surface area contributed by atoms with Crippen LogP contribution in [0.25, 0.3) is 0 Å². The fourth-order valence-corrected chi connectivity index (χ4v) is 3.62. The van der Waals surface area contributed by atoms with Crippen molar-refractivity contribution in [2.75, 3.05) is 18.8 Å². The van der Waals surface area contributed by atoms with Gasteiger partial charge in [-0.05, 0) is 17.3 Å². The Balaban J connectivity index is 2.05. The largest absolute Gasteiger partial charge is 0.227 e. The van der Waals surface area contributed by atoms with Crippen LogP contribution in [0, 0.1) is 28.6 Å². The Morgan fingerprint density at radius 1 is 1.43 bits per heavy atom. The lowest BCUT2D eigenvalue weighted by Crippen LogP contribution is -2.34. The molecule has 1 aliphatic carbocycles. The van der Waals surface area contributed by atoms with Crippen LogP contribution in [0.15, 0.2) is 0 Å². The molecule has 4 nitrogen and oxygen atoms in total. The molecule has 0 aromatic carbocycles. The van der Waals surface area contributed by atoms with Crippen molar-refractivity contribution in [1.29, 1.82) is 5.26 Å². The molecule has 2 rings (SSSR count). The Hall–Kier alpha value is -0.600. The van der Waals surface area contributed by atoms with E-state index in [-0.39, 0.29) is 5.75 Å². The average Bonchev–Trinajstić information content (AvgIpc) is 2.51. The molecule has 1 heterocycles. The van der Waals surface area contributed by atoms with Gasteiger partial charge >= 0.3 is 0 Å². The molecular weight excluding hydrogens is 200 g/mol. The number of fused-ring (bicyclic) bond motifs is 1. The number of sulfonamides is 1. The van der Waals surface area contributed by atoms with Crippen LogP contribution in [-0.4, -0.2) is 31.6 Å². The first-order valence-corrected chi connectivity index (χ1v) is 6.35. The molecule has 0 bridgehead atoms. The maximum atomic E-state index is 11.5. The third-order valence-electron chi connectivity index (χ3n) is 3.73. The van der Waals surface area contributed by atoms with E-state index in [1.54, 1.807) is 6.07 Å². The van der Waals surface area contributed by atoms with E-state index in [0.29, 0.717) is 30.3 Å². The average molecular weight is 214 g/mol. The summed E-state index contributed by atoms with van der Waals surface area (Å²) in [6.07, 6.45) is 0. The van der Waals surface area contributed by atoms with Crippen molar-refractivity contribution < 1.29 is 8.42 Å². The predicted molar refractivity (Wildman–Crippen MR) is 51.7 cm³/mol. The fraction of sp³-hybridized carbons (Fsp3) is 0.889. The zero-order valence-corrected chi connectivity index (χ0v) is 9.21. The fourth-order valence-electron chi connectivity index (χ4n) is 2.50. The van der Waals surface area contributed by atoms with Crippen molar-refractivity contribution in [2.24, 2.45) is 17.3 Å². The Kier molecular flexibility index (Phi) is 1.92. The SMILES string of the molecule is CC1(C)C2CN(S(=O)(=O)CC#N)CC21. The maximum Gasteiger partial charge on any atom is 0.227 e. The van der Waals surface area contributed by atoms with Gasteiger partial charge in [0.25, 0.3) is 0 Å². The van der Waals surface area contributed by atoms with E-state index in [9.17, 15) is 8.42 Å². The van der Waals surface area contributed by atoms with Gasteiger partial charge in [0, 0.05) is 13.1 Å². The summed E-state index contributed by atoms with van der Waals surface area (Å²) in [5, 5.41) is 8.39. The van der Waals surface area contributed by atoms with Crippen molar-refractivity contribution in [3.63, 3.8) is 0 Å². The standard InChI is InChI=1S/C9H14N2O2S/c1-9(2)7-5-11(6-8(7)9)14(12,13)4-3-10/h7-8H,4-6H2,1-2H3. The van der Waals surface area contributed by atoms with Gasteiger partial charge in [-0.25, -0.2) is 12.7 Å². The van der Waals surface area contributed by atoms with Gasteiger partial charge in [-0.15, -0.1) is 0 Å². The molecule has 1 saturated heterocycles. The van der Waals surface area contributed by atoms with E-state index >= 15 is 0 Å². The molecule has 2 fully saturated rings. The van der Waals surface area contributed by atoms with E-state index in [4.69, 9.17) is 5.26 Å². The lowest BCUT2D eigenvalue weighted by molar-refractivity contribution is 0.365. The first-order chi connectivity index (χ1) is 6.39. The van der Waals surface area contributed by atoms with Crippen LogP contribution in [0.2, 0.25) is 0 Å². The number of nitrogens with zero attached hydrogens (tertiary/aromatic N) is 2. The van der Waals surface area contributed by atoms with Gasteiger partial charge in [0.2, 0.25) is 10.0 Å². The molecule has 5 heteroatoms. The normalized spacial score (nSPS) is 34.9. The second-order valence-corrected chi connectivity index (χ2v) is 6.73. The van der Waals surface area contributed by atoms with Crippen molar-refractivity contribution in [3.8, 4) is 6.07 Å². The molecule has 0 aromatic heterocycles. The third-order valence-corrected chi connectivity index (χ3v) is 5.31. The summed E-state index contributed by atoms with van der Waals surface area (Å²) in [6, 6.07) is 1.71. The van der Waals surface area contributed by atoms with Gasteiger partial charge in [0.1, 0.15) is 0 Å². The minimum absolute atomic E-state index is 0.318. The number of rotatable bonds is 2. The Bertz CT molecular complexity index is 380. The molecule has 2 atom stereocenters. The van der Waals surface area contributed by atoms with Crippen LogP contribution >= 0.6 is 0 Å². The molecule has 78 valence electrons. The van der Waals surface area contributed by atoms with Crippen molar-refractivity contribution >= 4 is 10.0 Å². The Labute approximate surface area is 84.6 Å².